The van der Waals surface area contributed by atoms with Gasteiger partial charge in [-0.15, -0.1) is 5.10 Å². The van der Waals surface area contributed by atoms with E-state index in [0.717, 1.165) is 6.07 Å². The van der Waals surface area contributed by atoms with E-state index in [-0.39, 0.29) is 42.1 Å². The first-order valence-electron chi connectivity index (χ1n) is 15.6. The Kier molecular flexibility index (Phi) is 11.9. The Morgan fingerprint density at radius 1 is 0.979 bits per heavy atom. The summed E-state index contributed by atoms with van der Waals surface area (Å²) < 4.78 is 73.0. The summed E-state index contributed by atoms with van der Waals surface area (Å²) in [6, 6.07) is 9.47. The summed E-state index contributed by atoms with van der Waals surface area (Å²) in [6.45, 7) is 10.6. The summed E-state index contributed by atoms with van der Waals surface area (Å²) in [5.41, 5.74) is -0.950. The lowest BCUT2D eigenvalue weighted by Crippen LogP contribution is -2.50. The minimum absolute atomic E-state index is 0.174. The number of para-hydroxylation sites is 1. The predicted octanol–water partition coefficient (Wildman–Crippen LogP) is 6.49. The molecule has 3 aromatic rings. The first kappa shape index (κ1) is 36.5. The van der Waals surface area contributed by atoms with E-state index >= 15 is 0 Å². The topological polar surface area (TPSA) is 110 Å². The zero-order valence-corrected chi connectivity index (χ0v) is 27.7. The van der Waals surface area contributed by atoms with Crippen molar-refractivity contribution >= 4 is 23.6 Å². The van der Waals surface area contributed by atoms with E-state index in [2.05, 4.69) is 20.6 Å². The molecule has 48 heavy (non-hydrogen) atoms. The van der Waals surface area contributed by atoms with Crippen LogP contribution in [0.2, 0.25) is 0 Å². The van der Waals surface area contributed by atoms with Crippen molar-refractivity contribution in [2.24, 2.45) is 0 Å². The molecule has 2 aromatic carbocycles. The number of hydrogen-bond acceptors (Lipinski definition) is 7. The molecule has 0 aliphatic carbocycles. The van der Waals surface area contributed by atoms with Crippen LogP contribution in [0.15, 0.2) is 42.5 Å². The Bertz CT molecular complexity index is 1550. The van der Waals surface area contributed by atoms with E-state index in [0.29, 0.717) is 63.1 Å². The Hall–Kier alpha value is -4.37. The largest absolute Gasteiger partial charge is 0.475 e. The number of amides is 3. The van der Waals surface area contributed by atoms with Crippen molar-refractivity contribution in [1.29, 1.82) is 0 Å². The van der Waals surface area contributed by atoms with Gasteiger partial charge in [-0.1, -0.05) is 18.2 Å². The average molecular weight is 679 g/mol. The van der Waals surface area contributed by atoms with E-state index in [1.165, 1.54) is 11.8 Å². The van der Waals surface area contributed by atoms with Crippen LogP contribution in [0.3, 0.4) is 0 Å². The highest BCUT2D eigenvalue weighted by Gasteiger charge is 2.35. The molecular weight excluding hydrogens is 636 g/mol. The second-order valence-electron chi connectivity index (χ2n) is 12.3. The summed E-state index contributed by atoms with van der Waals surface area (Å²) in [7, 11) is 1.48. The van der Waals surface area contributed by atoms with Gasteiger partial charge in [-0.2, -0.15) is 13.2 Å². The van der Waals surface area contributed by atoms with Crippen LogP contribution in [0.25, 0.3) is 5.69 Å². The maximum absolute atomic E-state index is 14.4. The third-order valence-electron chi connectivity index (χ3n) is 7.52. The van der Waals surface area contributed by atoms with Crippen molar-refractivity contribution in [2.75, 3.05) is 63.7 Å². The molecule has 4 rings (SSSR count). The van der Waals surface area contributed by atoms with Crippen molar-refractivity contribution in [3.8, 4) is 11.6 Å². The number of methoxy groups -OCH3 is 1. The second-order valence-corrected chi connectivity index (χ2v) is 12.3. The Morgan fingerprint density at radius 3 is 2.29 bits per heavy atom. The van der Waals surface area contributed by atoms with Crippen LogP contribution in [0, 0.1) is 12.7 Å². The lowest BCUT2D eigenvalue weighted by Gasteiger charge is -2.35. The fraction of sp³-hybridized carbons (Fsp3) is 0.485. The Balaban J connectivity index is 1.47. The summed E-state index contributed by atoms with van der Waals surface area (Å²) in [4.78, 5) is 29.5. The third-order valence-corrected chi connectivity index (χ3v) is 7.52. The van der Waals surface area contributed by atoms with Gasteiger partial charge in [0.2, 0.25) is 5.88 Å². The quantitative estimate of drug-likeness (QED) is 0.176. The maximum atomic E-state index is 14.4. The molecule has 1 saturated heterocycles. The van der Waals surface area contributed by atoms with Crippen molar-refractivity contribution in [3.05, 3.63) is 65.0 Å². The number of rotatable bonds is 11. The van der Waals surface area contributed by atoms with Gasteiger partial charge >= 0.3 is 18.3 Å². The highest BCUT2D eigenvalue weighted by molar-refractivity contribution is 6.00. The third kappa shape index (κ3) is 9.83. The Morgan fingerprint density at radius 2 is 1.67 bits per heavy atom. The molecule has 0 atom stereocenters. The molecular formula is C33H42F4N6O5. The summed E-state index contributed by atoms with van der Waals surface area (Å²) >= 11 is 0. The number of aryl methyl sites for hydroxylation is 1. The number of ether oxygens (including phenoxy) is 3. The van der Waals surface area contributed by atoms with Crippen molar-refractivity contribution < 1.29 is 41.4 Å². The molecule has 15 heteroatoms. The summed E-state index contributed by atoms with van der Waals surface area (Å²) in [5, 5.41) is 9.73. The zero-order valence-electron chi connectivity index (χ0n) is 27.7. The number of alkyl halides is 3. The number of halogens is 4. The maximum Gasteiger partial charge on any atom is 0.419 e. The fourth-order valence-electron chi connectivity index (χ4n) is 5.09. The molecule has 0 unspecified atom stereocenters. The highest BCUT2D eigenvalue weighted by Crippen LogP contribution is 2.35. The molecule has 1 aliphatic rings. The molecule has 1 fully saturated rings. The van der Waals surface area contributed by atoms with Gasteiger partial charge in [0.15, 0.2) is 0 Å². The molecule has 2 N–H and O–H groups in total. The van der Waals surface area contributed by atoms with Gasteiger partial charge in [-0.05, 0) is 70.4 Å². The molecule has 3 amide bonds. The zero-order chi connectivity index (χ0) is 35.1. The molecule has 0 bridgehead atoms. The number of carbonyl (C=O) groups excluding carboxylic acids is 2. The standard InChI is InChI=1S/C33H42F4N6O5/c1-22-28(39-30(44)38-27-21-25(33(35,36)37)26(34)20-23(27)10-9-18-46-5)43(24-11-7-6-8-12-24)40-29(22)47-19-17-41-13-15-42(16-14-41)31(45)48-32(2,3)4/h6-8,11-12,20-21H,9-10,13-19H2,1-5H3,(H2,38,39,44). The van der Waals surface area contributed by atoms with Crippen molar-refractivity contribution in [2.45, 2.75) is 52.3 Å². The van der Waals surface area contributed by atoms with Crippen LogP contribution in [0.1, 0.15) is 43.9 Å². The van der Waals surface area contributed by atoms with E-state index in [4.69, 9.17) is 14.2 Å². The lowest BCUT2D eigenvalue weighted by molar-refractivity contribution is -0.139. The minimum Gasteiger partial charge on any atom is -0.475 e. The molecule has 1 aromatic heterocycles. The fourth-order valence-corrected chi connectivity index (χ4v) is 5.09. The van der Waals surface area contributed by atoms with Gasteiger partial charge in [0.05, 0.1) is 16.8 Å². The minimum atomic E-state index is -4.96. The molecule has 0 spiro atoms. The van der Waals surface area contributed by atoms with Crippen LogP contribution >= 0.6 is 0 Å². The number of benzene rings is 2. The smallest absolute Gasteiger partial charge is 0.419 e. The van der Waals surface area contributed by atoms with Crippen LogP contribution in [0.5, 0.6) is 5.88 Å². The van der Waals surface area contributed by atoms with E-state index < -0.39 is 29.2 Å². The van der Waals surface area contributed by atoms with Gasteiger partial charge in [-0.25, -0.2) is 18.7 Å². The van der Waals surface area contributed by atoms with Gasteiger partial charge < -0.3 is 24.4 Å². The van der Waals surface area contributed by atoms with Crippen LogP contribution in [0.4, 0.5) is 38.7 Å². The number of carbonyl (C=O) groups is 2. The average Bonchev–Trinajstić information content (AvgIpc) is 3.32. The number of anilines is 2. The number of piperazine rings is 1. The van der Waals surface area contributed by atoms with Crippen molar-refractivity contribution in [1.82, 2.24) is 19.6 Å². The number of urea groups is 1. The first-order chi connectivity index (χ1) is 22.7. The monoisotopic (exact) mass is 678 g/mol. The van der Waals surface area contributed by atoms with Gasteiger partial charge in [0.1, 0.15) is 23.8 Å². The van der Waals surface area contributed by atoms with Crippen LogP contribution in [-0.4, -0.2) is 90.4 Å². The number of aromatic nitrogens is 2. The molecule has 262 valence electrons. The first-order valence-corrected chi connectivity index (χ1v) is 15.6. The highest BCUT2D eigenvalue weighted by atomic mass is 19.4. The molecule has 2 heterocycles. The van der Waals surface area contributed by atoms with Gasteiger partial charge in [-0.3, -0.25) is 10.2 Å². The number of nitrogens with zero attached hydrogens (tertiary/aromatic N) is 4. The van der Waals surface area contributed by atoms with E-state index in [1.54, 1.807) is 36.1 Å². The Labute approximate surface area is 277 Å². The van der Waals surface area contributed by atoms with Crippen molar-refractivity contribution in [3.63, 3.8) is 0 Å². The van der Waals surface area contributed by atoms with E-state index in [1.807, 2.05) is 26.8 Å². The predicted molar refractivity (Wildman–Crippen MR) is 172 cm³/mol. The molecule has 1 aliphatic heterocycles. The molecule has 0 radical (unpaired) electrons. The summed E-state index contributed by atoms with van der Waals surface area (Å²) in [6.07, 6.45) is -4.72. The van der Waals surface area contributed by atoms with Gasteiger partial charge in [0.25, 0.3) is 0 Å². The van der Waals surface area contributed by atoms with Crippen LogP contribution < -0.4 is 15.4 Å². The van der Waals surface area contributed by atoms with Gasteiger partial charge in [0, 0.05) is 52.1 Å². The molecule has 0 saturated carbocycles. The van der Waals surface area contributed by atoms with Crippen LogP contribution in [-0.2, 0) is 22.1 Å². The normalized spacial score (nSPS) is 14.1. The number of hydrogen-bond donors (Lipinski definition) is 2. The second kappa shape index (κ2) is 15.7. The SMILES string of the molecule is COCCCc1cc(F)c(C(F)(F)F)cc1NC(=O)Nc1c(C)c(OCCN2CCN(C(=O)OC(C)(C)C)CC2)nn1-c1ccccc1. The lowest BCUT2D eigenvalue weighted by atomic mass is 10.0. The molecule has 11 nitrogen and oxygen atoms in total. The van der Waals surface area contributed by atoms with E-state index in [9.17, 15) is 27.2 Å². The summed E-state index contributed by atoms with van der Waals surface area (Å²) in [5.74, 6) is -0.938. The number of nitrogens with one attached hydrogen (secondary N) is 2.